The molecule has 0 radical (unpaired) electrons. The minimum atomic E-state index is -0.770. The van der Waals surface area contributed by atoms with Gasteiger partial charge < -0.3 is 15.0 Å². The molecule has 2 aromatic heterocycles. The first-order valence-corrected chi connectivity index (χ1v) is 9.15. The van der Waals surface area contributed by atoms with Crippen LogP contribution in [0.5, 0.6) is 0 Å². The lowest BCUT2D eigenvalue weighted by atomic mass is 9.86. The van der Waals surface area contributed by atoms with E-state index in [0.717, 1.165) is 0 Å². The molecule has 2 aliphatic rings. The number of rotatable bonds is 6. The molecule has 10 nitrogen and oxygen atoms in total. The number of piperidine rings is 1. The topological polar surface area (TPSA) is 105 Å². The first-order chi connectivity index (χ1) is 13.2. The van der Waals surface area contributed by atoms with Crippen LogP contribution in [0.2, 0.25) is 0 Å². The molecule has 1 spiro atoms. The van der Waals surface area contributed by atoms with Crippen molar-refractivity contribution in [2.45, 2.75) is 31.3 Å². The van der Waals surface area contributed by atoms with Crippen molar-refractivity contribution in [3.63, 3.8) is 0 Å². The molecule has 152 valence electrons. The number of carbonyl (C=O) groups excluding carboxylic acids is 2. The van der Waals surface area contributed by atoms with Crippen LogP contribution in [0.15, 0.2) is 18.5 Å². The Balaban J connectivity index is 0.00000225. The van der Waals surface area contributed by atoms with Gasteiger partial charge in [0.25, 0.3) is 11.7 Å². The van der Waals surface area contributed by atoms with Crippen molar-refractivity contribution in [1.82, 2.24) is 34.7 Å². The maximum atomic E-state index is 13.3. The molecule has 11 heteroatoms. The molecule has 4 rings (SSSR count). The minimum Gasteiger partial charge on any atom is -0.385 e. The van der Waals surface area contributed by atoms with Gasteiger partial charge >= 0.3 is 6.03 Å². The lowest BCUT2D eigenvalue weighted by molar-refractivity contribution is -0.135. The van der Waals surface area contributed by atoms with E-state index in [9.17, 15) is 9.59 Å². The largest absolute Gasteiger partial charge is 0.385 e. The lowest BCUT2D eigenvalue weighted by Gasteiger charge is -2.38. The summed E-state index contributed by atoms with van der Waals surface area (Å²) in [5.41, 5.74) is -0.770. The molecule has 0 aromatic carbocycles. The van der Waals surface area contributed by atoms with Crippen molar-refractivity contribution >= 4 is 30.1 Å². The fraction of sp³-hybridized carbons (Fsp3) is 0.588. The van der Waals surface area contributed by atoms with Crippen LogP contribution in [-0.2, 0) is 16.1 Å². The molecular formula is C17H24ClN7O3. The van der Waals surface area contributed by atoms with Gasteiger partial charge in [0.2, 0.25) is 0 Å². The molecule has 2 saturated heterocycles. The number of halogens is 1. The normalized spacial score (nSPS) is 18.9. The number of hydrogen-bond donors (Lipinski definition) is 1. The SMILES string of the molecule is COCCCN1C(=O)N(Cc2nc3ncccn3n2)C(=O)C12CCNCC2.Cl. The van der Waals surface area contributed by atoms with E-state index in [1.54, 1.807) is 30.5 Å². The highest BCUT2D eigenvalue weighted by Crippen LogP contribution is 2.36. The van der Waals surface area contributed by atoms with Gasteiger partial charge in [-0.1, -0.05) is 0 Å². The predicted octanol–water partition coefficient (Wildman–Crippen LogP) is 0.469. The molecule has 2 fully saturated rings. The van der Waals surface area contributed by atoms with Gasteiger partial charge in [0.15, 0.2) is 5.82 Å². The van der Waals surface area contributed by atoms with Crippen LogP contribution in [0.25, 0.3) is 5.78 Å². The van der Waals surface area contributed by atoms with Crippen molar-refractivity contribution < 1.29 is 14.3 Å². The number of urea groups is 1. The molecule has 2 aromatic rings. The second kappa shape index (κ2) is 8.38. The molecule has 2 aliphatic heterocycles. The second-order valence-electron chi connectivity index (χ2n) is 6.85. The zero-order valence-electron chi connectivity index (χ0n) is 15.7. The highest BCUT2D eigenvalue weighted by molar-refractivity contribution is 6.07. The monoisotopic (exact) mass is 409 g/mol. The zero-order valence-corrected chi connectivity index (χ0v) is 16.5. The minimum absolute atomic E-state index is 0. The summed E-state index contributed by atoms with van der Waals surface area (Å²) >= 11 is 0. The summed E-state index contributed by atoms with van der Waals surface area (Å²) < 4.78 is 6.66. The number of amides is 3. The molecule has 28 heavy (non-hydrogen) atoms. The van der Waals surface area contributed by atoms with Gasteiger partial charge in [0.05, 0.1) is 6.54 Å². The Labute approximate surface area is 168 Å². The maximum absolute atomic E-state index is 13.3. The quantitative estimate of drug-likeness (QED) is 0.546. The van der Waals surface area contributed by atoms with Crippen molar-refractivity contribution in [1.29, 1.82) is 0 Å². The van der Waals surface area contributed by atoms with Gasteiger partial charge in [0, 0.05) is 32.7 Å². The number of hydrogen-bond acceptors (Lipinski definition) is 7. The first-order valence-electron chi connectivity index (χ1n) is 9.15. The van der Waals surface area contributed by atoms with E-state index in [1.165, 1.54) is 9.42 Å². The van der Waals surface area contributed by atoms with Crippen molar-refractivity contribution in [3.05, 3.63) is 24.3 Å². The summed E-state index contributed by atoms with van der Waals surface area (Å²) in [6.45, 7) is 2.52. The first kappa shape index (κ1) is 20.4. The van der Waals surface area contributed by atoms with E-state index in [0.29, 0.717) is 57.1 Å². The molecule has 0 bridgehead atoms. The molecule has 0 saturated carbocycles. The molecule has 0 atom stereocenters. The van der Waals surface area contributed by atoms with Gasteiger partial charge in [-0.15, -0.1) is 17.5 Å². The lowest BCUT2D eigenvalue weighted by Crippen LogP contribution is -2.56. The van der Waals surface area contributed by atoms with E-state index in [1.807, 2.05) is 0 Å². The van der Waals surface area contributed by atoms with Crippen LogP contribution in [0.3, 0.4) is 0 Å². The highest BCUT2D eigenvalue weighted by atomic mass is 35.5. The molecule has 0 aliphatic carbocycles. The van der Waals surface area contributed by atoms with Gasteiger partial charge in [-0.05, 0) is 38.4 Å². The summed E-state index contributed by atoms with van der Waals surface area (Å²) in [5, 5.41) is 7.60. The van der Waals surface area contributed by atoms with E-state index in [-0.39, 0.29) is 30.9 Å². The fourth-order valence-corrected chi connectivity index (χ4v) is 3.91. The number of aromatic nitrogens is 4. The van der Waals surface area contributed by atoms with Crippen LogP contribution in [0.4, 0.5) is 4.79 Å². The smallest absolute Gasteiger partial charge is 0.328 e. The summed E-state index contributed by atoms with van der Waals surface area (Å²) in [4.78, 5) is 37.8. The Morgan fingerprint density at radius 3 is 2.79 bits per heavy atom. The summed E-state index contributed by atoms with van der Waals surface area (Å²) in [7, 11) is 1.63. The average molecular weight is 410 g/mol. The number of nitrogens with one attached hydrogen (secondary N) is 1. The number of carbonyl (C=O) groups is 2. The van der Waals surface area contributed by atoms with Crippen LogP contribution >= 0.6 is 12.4 Å². The Morgan fingerprint density at radius 1 is 1.29 bits per heavy atom. The van der Waals surface area contributed by atoms with Crippen molar-refractivity contribution in [2.24, 2.45) is 0 Å². The summed E-state index contributed by atoms with van der Waals surface area (Å²) in [6.07, 6.45) is 5.27. The van der Waals surface area contributed by atoms with Crippen molar-refractivity contribution in [2.75, 3.05) is 33.4 Å². The molecule has 3 amide bonds. The van der Waals surface area contributed by atoms with Crippen LogP contribution in [0, 0.1) is 0 Å². The van der Waals surface area contributed by atoms with E-state index in [2.05, 4.69) is 20.4 Å². The number of methoxy groups -OCH3 is 1. The standard InChI is InChI=1S/C17H23N7O3.ClH/c1-27-11-3-9-23-16(26)22(14(25)17(23)4-7-18-8-5-17)12-13-20-15-19-6-2-10-24(15)21-13;/h2,6,10,18H,3-5,7-9,11-12H2,1H3;1H. The van der Waals surface area contributed by atoms with Crippen LogP contribution in [-0.4, -0.2) is 80.2 Å². The molecule has 4 heterocycles. The number of fused-ring (bicyclic) bond motifs is 1. The van der Waals surface area contributed by atoms with E-state index >= 15 is 0 Å². The van der Waals surface area contributed by atoms with Gasteiger partial charge in [-0.25, -0.2) is 14.3 Å². The van der Waals surface area contributed by atoms with Gasteiger partial charge in [0.1, 0.15) is 5.54 Å². The third-order valence-electron chi connectivity index (χ3n) is 5.24. The molecule has 1 N–H and O–H groups in total. The Hall–Kier alpha value is -2.30. The summed E-state index contributed by atoms with van der Waals surface area (Å²) in [5.74, 6) is 0.691. The third-order valence-corrected chi connectivity index (χ3v) is 5.24. The maximum Gasteiger partial charge on any atom is 0.328 e. The van der Waals surface area contributed by atoms with Crippen LogP contribution in [0.1, 0.15) is 25.1 Å². The second-order valence-corrected chi connectivity index (χ2v) is 6.85. The number of ether oxygens (including phenoxy) is 1. The van der Waals surface area contributed by atoms with Crippen LogP contribution < -0.4 is 5.32 Å². The number of imide groups is 1. The van der Waals surface area contributed by atoms with E-state index < -0.39 is 5.54 Å². The highest BCUT2D eigenvalue weighted by Gasteiger charge is 2.57. The van der Waals surface area contributed by atoms with Gasteiger partial charge in [-0.2, -0.15) is 4.98 Å². The molecule has 0 unspecified atom stereocenters. The number of nitrogens with zero attached hydrogens (tertiary/aromatic N) is 6. The Kier molecular flexibility index (Phi) is 6.11. The van der Waals surface area contributed by atoms with Crippen molar-refractivity contribution in [3.8, 4) is 0 Å². The average Bonchev–Trinajstić information content (AvgIpc) is 3.18. The zero-order chi connectivity index (χ0) is 18.9. The van der Waals surface area contributed by atoms with Gasteiger partial charge in [-0.3, -0.25) is 9.69 Å². The Bertz CT molecular complexity index is 819. The fourth-order valence-electron chi connectivity index (χ4n) is 3.91. The van der Waals surface area contributed by atoms with E-state index in [4.69, 9.17) is 4.74 Å². The predicted molar refractivity (Wildman–Crippen MR) is 102 cm³/mol. The summed E-state index contributed by atoms with van der Waals surface area (Å²) in [6, 6.07) is 1.48. The Morgan fingerprint density at radius 2 is 2.07 bits per heavy atom. The molecular weight excluding hydrogens is 386 g/mol. The third kappa shape index (κ3) is 3.43.